The molecule has 1 atom stereocenters. The fourth-order valence-corrected chi connectivity index (χ4v) is 1.22. The van der Waals surface area contributed by atoms with E-state index in [1.165, 1.54) is 18.3 Å². The highest BCUT2D eigenvalue weighted by Gasteiger charge is 2.24. The van der Waals surface area contributed by atoms with Gasteiger partial charge in [0.25, 0.3) is 5.91 Å². The number of esters is 1. The number of methoxy groups -OCH3 is 1. The van der Waals surface area contributed by atoms with E-state index < -0.39 is 30.3 Å². The molecule has 0 saturated carbocycles. The maximum Gasteiger partial charge on any atom is 0.326 e. The van der Waals surface area contributed by atoms with Gasteiger partial charge in [-0.05, 0) is 12.1 Å². The van der Waals surface area contributed by atoms with Crippen LogP contribution in [0.4, 0.5) is 5.69 Å². The Morgan fingerprint density at radius 1 is 1.47 bits per heavy atom. The van der Waals surface area contributed by atoms with Crippen LogP contribution in [0.5, 0.6) is 0 Å². The minimum atomic E-state index is -1.38. The van der Waals surface area contributed by atoms with Crippen molar-refractivity contribution in [3.63, 3.8) is 0 Å². The lowest BCUT2D eigenvalue weighted by atomic mass is 10.2. The number of hydrogen-bond donors (Lipinski definition) is 3. The number of pyridine rings is 1. The number of nitrogen functional groups attached to an aromatic ring is 1. The van der Waals surface area contributed by atoms with Crippen LogP contribution in [0.2, 0.25) is 0 Å². The topological polar surface area (TPSA) is 132 Å². The van der Waals surface area contributed by atoms with Gasteiger partial charge in [-0.1, -0.05) is 0 Å². The number of carbonyl (C=O) groups excluding carboxylic acids is 2. The molecule has 1 amide bonds. The molecular formula is C11H13N3O5. The van der Waals surface area contributed by atoms with Crippen molar-refractivity contribution in [2.75, 3.05) is 12.8 Å². The monoisotopic (exact) mass is 267 g/mol. The van der Waals surface area contributed by atoms with Crippen LogP contribution in [0, 0.1) is 0 Å². The highest BCUT2D eigenvalue weighted by atomic mass is 16.5. The van der Waals surface area contributed by atoms with E-state index in [4.69, 9.17) is 10.8 Å². The fourth-order valence-electron chi connectivity index (χ4n) is 1.22. The molecule has 1 aromatic heterocycles. The molecule has 1 aromatic rings. The van der Waals surface area contributed by atoms with Gasteiger partial charge < -0.3 is 20.9 Å². The third-order valence-electron chi connectivity index (χ3n) is 2.22. The Labute approximate surface area is 108 Å². The zero-order chi connectivity index (χ0) is 14.4. The summed E-state index contributed by atoms with van der Waals surface area (Å²) in [5.41, 5.74) is 5.79. The molecule has 0 aromatic carbocycles. The second-order valence-electron chi connectivity index (χ2n) is 3.62. The van der Waals surface area contributed by atoms with Crippen LogP contribution >= 0.6 is 0 Å². The van der Waals surface area contributed by atoms with Gasteiger partial charge in [-0.3, -0.25) is 9.59 Å². The lowest BCUT2D eigenvalue weighted by Crippen LogP contribution is -2.42. The number of amides is 1. The van der Waals surface area contributed by atoms with E-state index in [0.717, 1.165) is 7.11 Å². The minimum absolute atomic E-state index is 0.00492. The SMILES string of the molecule is COC(=O)C[C@H](NC(=O)c1ccc(N)cn1)C(=O)O. The van der Waals surface area contributed by atoms with Gasteiger partial charge in [0.05, 0.1) is 25.4 Å². The Balaban J connectivity index is 2.73. The maximum atomic E-state index is 11.7. The van der Waals surface area contributed by atoms with Crippen molar-refractivity contribution in [2.45, 2.75) is 12.5 Å². The number of anilines is 1. The fraction of sp³-hybridized carbons (Fsp3) is 0.273. The molecule has 0 radical (unpaired) electrons. The number of hydrogen-bond acceptors (Lipinski definition) is 6. The van der Waals surface area contributed by atoms with E-state index in [2.05, 4.69) is 15.0 Å². The summed E-state index contributed by atoms with van der Waals surface area (Å²) in [5, 5.41) is 11.1. The lowest BCUT2D eigenvalue weighted by Gasteiger charge is -2.12. The van der Waals surface area contributed by atoms with Crippen LogP contribution in [0.15, 0.2) is 18.3 Å². The lowest BCUT2D eigenvalue weighted by molar-refractivity contribution is -0.147. The first-order valence-corrected chi connectivity index (χ1v) is 5.26. The molecule has 0 unspecified atom stereocenters. The first kappa shape index (κ1) is 14.4. The largest absolute Gasteiger partial charge is 0.480 e. The Bertz CT molecular complexity index is 486. The number of nitrogens with two attached hydrogens (primary N) is 1. The summed E-state index contributed by atoms with van der Waals surface area (Å²) in [5.74, 6) is -2.79. The molecule has 0 aliphatic carbocycles. The van der Waals surface area contributed by atoms with Crippen molar-refractivity contribution in [1.29, 1.82) is 0 Å². The van der Waals surface area contributed by atoms with Gasteiger partial charge in [0.15, 0.2) is 0 Å². The van der Waals surface area contributed by atoms with E-state index in [0.29, 0.717) is 5.69 Å². The quantitative estimate of drug-likeness (QED) is 0.607. The molecule has 0 aliphatic rings. The van der Waals surface area contributed by atoms with Crippen molar-refractivity contribution in [1.82, 2.24) is 10.3 Å². The molecule has 102 valence electrons. The molecular weight excluding hydrogens is 254 g/mol. The van der Waals surface area contributed by atoms with Crippen molar-refractivity contribution < 1.29 is 24.2 Å². The maximum absolute atomic E-state index is 11.7. The predicted molar refractivity (Wildman–Crippen MR) is 64.2 cm³/mol. The molecule has 1 heterocycles. The summed E-state index contributed by atoms with van der Waals surface area (Å²) in [6.45, 7) is 0. The molecule has 8 heteroatoms. The summed E-state index contributed by atoms with van der Waals surface area (Å²) in [6, 6.07) is 1.43. The number of carboxylic acid groups (broad SMARTS) is 1. The standard InChI is InChI=1S/C11H13N3O5/c1-19-9(15)4-8(11(17)18)14-10(16)7-3-2-6(12)5-13-7/h2-3,5,8H,4,12H2,1H3,(H,14,16)(H,17,18)/t8-/m0/s1. The predicted octanol–water partition coefficient (Wildman–Crippen LogP) is -0.590. The van der Waals surface area contributed by atoms with E-state index in [1.54, 1.807) is 0 Å². The highest BCUT2D eigenvalue weighted by molar-refractivity contribution is 5.96. The summed E-state index contributed by atoms with van der Waals surface area (Å²) in [7, 11) is 1.13. The first-order chi connectivity index (χ1) is 8.93. The van der Waals surface area contributed by atoms with Crippen LogP contribution in [-0.4, -0.2) is 41.1 Å². The third-order valence-corrected chi connectivity index (χ3v) is 2.22. The summed E-state index contributed by atoms with van der Waals surface area (Å²) >= 11 is 0. The number of rotatable bonds is 5. The van der Waals surface area contributed by atoms with Gasteiger partial charge >= 0.3 is 11.9 Å². The molecule has 0 bridgehead atoms. The normalized spacial score (nSPS) is 11.4. The number of carbonyl (C=O) groups is 3. The van der Waals surface area contributed by atoms with Crippen LogP contribution in [-0.2, 0) is 14.3 Å². The molecule has 0 fully saturated rings. The van der Waals surface area contributed by atoms with Crippen molar-refractivity contribution in [3.05, 3.63) is 24.0 Å². The smallest absolute Gasteiger partial charge is 0.326 e. The number of aromatic nitrogens is 1. The number of nitrogens with one attached hydrogen (secondary N) is 1. The van der Waals surface area contributed by atoms with Crippen LogP contribution < -0.4 is 11.1 Å². The van der Waals surface area contributed by atoms with Gasteiger partial charge in [0, 0.05) is 0 Å². The Kier molecular flexibility index (Phi) is 4.81. The molecule has 1 rings (SSSR count). The number of aliphatic carboxylic acids is 1. The number of ether oxygens (including phenoxy) is 1. The molecule has 0 saturated heterocycles. The minimum Gasteiger partial charge on any atom is -0.480 e. The molecule has 4 N–H and O–H groups in total. The number of carboxylic acids is 1. The second kappa shape index (κ2) is 6.34. The number of nitrogens with zero attached hydrogens (tertiary/aromatic N) is 1. The van der Waals surface area contributed by atoms with Crippen LogP contribution in [0.25, 0.3) is 0 Å². The summed E-state index contributed by atoms with van der Waals surface area (Å²) in [4.78, 5) is 37.4. The van der Waals surface area contributed by atoms with Crippen molar-refractivity contribution in [3.8, 4) is 0 Å². The van der Waals surface area contributed by atoms with Crippen molar-refractivity contribution >= 4 is 23.5 Å². The van der Waals surface area contributed by atoms with E-state index in [1.807, 2.05) is 0 Å². The van der Waals surface area contributed by atoms with Gasteiger partial charge in [0.2, 0.25) is 0 Å². The molecule has 8 nitrogen and oxygen atoms in total. The Morgan fingerprint density at radius 3 is 2.63 bits per heavy atom. The van der Waals surface area contributed by atoms with Crippen LogP contribution in [0.3, 0.4) is 0 Å². The molecule has 19 heavy (non-hydrogen) atoms. The van der Waals surface area contributed by atoms with Crippen LogP contribution in [0.1, 0.15) is 16.9 Å². The average Bonchev–Trinajstić information content (AvgIpc) is 2.38. The van der Waals surface area contributed by atoms with E-state index >= 15 is 0 Å². The van der Waals surface area contributed by atoms with E-state index in [-0.39, 0.29) is 5.69 Å². The zero-order valence-electron chi connectivity index (χ0n) is 10.1. The summed E-state index contributed by atoms with van der Waals surface area (Å²) < 4.78 is 4.35. The first-order valence-electron chi connectivity index (χ1n) is 5.26. The molecule has 0 spiro atoms. The average molecular weight is 267 g/mol. The zero-order valence-corrected chi connectivity index (χ0v) is 10.1. The highest BCUT2D eigenvalue weighted by Crippen LogP contribution is 2.03. The van der Waals surface area contributed by atoms with Gasteiger partial charge in [0.1, 0.15) is 11.7 Å². The second-order valence-corrected chi connectivity index (χ2v) is 3.62. The summed E-state index contributed by atoms with van der Waals surface area (Å²) in [6.07, 6.45) is 0.803. The van der Waals surface area contributed by atoms with Gasteiger partial charge in [-0.2, -0.15) is 0 Å². The Morgan fingerprint density at radius 2 is 2.16 bits per heavy atom. The third kappa shape index (κ3) is 4.26. The molecule has 0 aliphatic heterocycles. The van der Waals surface area contributed by atoms with Crippen molar-refractivity contribution in [2.24, 2.45) is 0 Å². The Hall–Kier alpha value is -2.64. The van der Waals surface area contributed by atoms with E-state index in [9.17, 15) is 14.4 Å². The van der Waals surface area contributed by atoms with Gasteiger partial charge in [-0.15, -0.1) is 0 Å². The van der Waals surface area contributed by atoms with Gasteiger partial charge in [-0.25, -0.2) is 9.78 Å².